The number of carbonyl (C=O) groups excluding carboxylic acids is 2. The molecule has 0 spiro atoms. The van der Waals surface area contributed by atoms with Crippen molar-refractivity contribution in [2.45, 2.75) is 69.7 Å². The maximum atomic E-state index is 13.5. The molecule has 0 bridgehead atoms. The molecule has 0 saturated heterocycles. The Morgan fingerprint density at radius 3 is 2.50 bits per heavy atom. The van der Waals surface area contributed by atoms with Crippen LogP contribution in [0, 0.1) is 0 Å². The van der Waals surface area contributed by atoms with Crippen LogP contribution in [0.2, 0.25) is 0 Å². The molecule has 2 aliphatic rings. The van der Waals surface area contributed by atoms with Crippen molar-refractivity contribution >= 4 is 17.8 Å². The number of aromatic amines is 1. The first kappa shape index (κ1) is 25.8. The topological polar surface area (TPSA) is 105 Å². The maximum Gasteiger partial charge on any atom is 0.319 e. The third-order valence-electron chi connectivity index (χ3n) is 7.36. The molecular weight excluding hydrogens is 454 g/mol. The van der Waals surface area contributed by atoms with Crippen LogP contribution >= 0.6 is 0 Å². The predicted molar refractivity (Wildman–Crippen MR) is 141 cm³/mol. The van der Waals surface area contributed by atoms with E-state index < -0.39 is 5.54 Å². The minimum absolute atomic E-state index is 0.0929. The summed E-state index contributed by atoms with van der Waals surface area (Å²) in [5.41, 5.74) is 2.58. The Hall–Kier alpha value is -3.33. The molecule has 194 valence electrons. The Kier molecular flexibility index (Phi) is 7.68. The summed E-state index contributed by atoms with van der Waals surface area (Å²) in [6, 6.07) is 10.4. The number of hydrogen-bond acceptors (Lipinski definition) is 5. The standard InChI is InChI=1S/C27H39N7O2/c1-6-23(35)28-19-12-14-20(15-13-19)29-25-21-16-34(27(2,3)24(21)31-32-25)26(36)30-22(17-33(4)5)18-10-8-7-9-11-18/h6-11,19-20,22H,1,12-17H2,2-5H3,(H,28,35)(H,30,36)(H2,29,31,32)/t19?,20?,22-/m1/s1. The third-order valence-corrected chi connectivity index (χ3v) is 7.36. The molecule has 1 aromatic heterocycles. The van der Waals surface area contributed by atoms with E-state index in [0.717, 1.165) is 48.3 Å². The molecule has 1 aromatic carbocycles. The van der Waals surface area contributed by atoms with Crippen molar-refractivity contribution in [3.05, 3.63) is 59.8 Å². The summed E-state index contributed by atoms with van der Waals surface area (Å²) in [5, 5.41) is 17.6. The normalized spacial score (nSPS) is 21.5. The first-order valence-electron chi connectivity index (χ1n) is 12.7. The molecule has 1 fully saturated rings. The number of nitrogens with zero attached hydrogens (tertiary/aromatic N) is 3. The SMILES string of the molecule is C=CC(=O)NC1CCC(Nc2n[nH]c3c2CN(C(=O)N[C@H](CN(C)C)c2ccccc2)C3(C)C)CC1. The quantitative estimate of drug-likeness (QED) is 0.421. The minimum Gasteiger partial charge on any atom is -0.366 e. The van der Waals surface area contributed by atoms with Gasteiger partial charge in [0, 0.05) is 24.2 Å². The van der Waals surface area contributed by atoms with E-state index in [1.807, 2.05) is 37.2 Å². The molecule has 0 unspecified atom stereocenters. The molecule has 2 heterocycles. The fourth-order valence-electron chi connectivity index (χ4n) is 5.31. The molecule has 9 heteroatoms. The number of fused-ring (bicyclic) bond motifs is 1. The number of anilines is 1. The lowest BCUT2D eigenvalue weighted by Crippen LogP contribution is -2.48. The van der Waals surface area contributed by atoms with Crippen LogP contribution in [0.25, 0.3) is 0 Å². The predicted octanol–water partition coefficient (Wildman–Crippen LogP) is 3.50. The van der Waals surface area contributed by atoms with E-state index in [1.54, 1.807) is 0 Å². The Morgan fingerprint density at radius 2 is 1.86 bits per heavy atom. The molecule has 0 radical (unpaired) electrons. The number of rotatable bonds is 8. The number of hydrogen-bond donors (Lipinski definition) is 4. The molecule has 1 saturated carbocycles. The smallest absolute Gasteiger partial charge is 0.319 e. The Morgan fingerprint density at radius 1 is 1.19 bits per heavy atom. The second-order valence-corrected chi connectivity index (χ2v) is 10.7. The van der Waals surface area contributed by atoms with Crippen LogP contribution in [0.4, 0.5) is 10.6 Å². The number of aromatic nitrogens is 2. The van der Waals surface area contributed by atoms with Crippen molar-refractivity contribution in [1.29, 1.82) is 0 Å². The molecule has 3 amide bonds. The summed E-state index contributed by atoms with van der Waals surface area (Å²) >= 11 is 0. The highest BCUT2D eigenvalue weighted by atomic mass is 16.2. The van der Waals surface area contributed by atoms with Crippen LogP contribution in [0.1, 0.15) is 62.4 Å². The molecule has 36 heavy (non-hydrogen) atoms. The van der Waals surface area contributed by atoms with Crippen molar-refractivity contribution in [3.63, 3.8) is 0 Å². The van der Waals surface area contributed by atoms with Gasteiger partial charge in [0.15, 0.2) is 5.82 Å². The highest BCUT2D eigenvalue weighted by molar-refractivity contribution is 5.87. The van der Waals surface area contributed by atoms with Crippen LogP contribution in [-0.4, -0.2) is 64.7 Å². The average molecular weight is 494 g/mol. The van der Waals surface area contributed by atoms with Crippen molar-refractivity contribution in [3.8, 4) is 0 Å². The zero-order valence-corrected chi connectivity index (χ0v) is 21.8. The number of urea groups is 1. The fraction of sp³-hybridized carbons (Fsp3) is 0.519. The van der Waals surface area contributed by atoms with Crippen LogP contribution in [-0.2, 0) is 16.9 Å². The van der Waals surface area contributed by atoms with E-state index in [1.165, 1.54) is 6.08 Å². The monoisotopic (exact) mass is 493 g/mol. The van der Waals surface area contributed by atoms with Gasteiger partial charge in [-0.2, -0.15) is 5.10 Å². The lowest BCUT2D eigenvalue weighted by atomic mass is 9.91. The van der Waals surface area contributed by atoms with E-state index in [4.69, 9.17) is 0 Å². The molecule has 2 aromatic rings. The Labute approximate surface area is 213 Å². The average Bonchev–Trinajstić information content (AvgIpc) is 3.37. The van der Waals surface area contributed by atoms with Crippen molar-refractivity contribution in [2.75, 3.05) is 26.0 Å². The molecule has 1 aliphatic heterocycles. The van der Waals surface area contributed by atoms with Gasteiger partial charge in [-0.1, -0.05) is 36.9 Å². The summed E-state index contributed by atoms with van der Waals surface area (Å²) in [7, 11) is 4.02. The lowest BCUT2D eigenvalue weighted by Gasteiger charge is -2.34. The number of H-pyrrole nitrogens is 1. The van der Waals surface area contributed by atoms with Gasteiger partial charge in [-0.05, 0) is 65.3 Å². The summed E-state index contributed by atoms with van der Waals surface area (Å²) < 4.78 is 0. The Balaban J connectivity index is 1.42. The zero-order valence-electron chi connectivity index (χ0n) is 21.8. The van der Waals surface area contributed by atoms with Gasteiger partial charge < -0.3 is 25.8 Å². The number of nitrogens with one attached hydrogen (secondary N) is 4. The molecule has 1 atom stereocenters. The summed E-state index contributed by atoms with van der Waals surface area (Å²) in [5.74, 6) is 0.706. The first-order chi connectivity index (χ1) is 17.2. The fourth-order valence-corrected chi connectivity index (χ4v) is 5.31. The summed E-state index contributed by atoms with van der Waals surface area (Å²) in [6.07, 6.45) is 5.04. The van der Waals surface area contributed by atoms with E-state index in [2.05, 4.69) is 63.6 Å². The number of likely N-dealkylation sites (N-methyl/N-ethyl adjacent to an activating group) is 1. The number of benzene rings is 1. The molecule has 1 aliphatic carbocycles. The molecule has 4 rings (SSSR count). The molecule has 4 N–H and O–H groups in total. The van der Waals surface area contributed by atoms with Gasteiger partial charge in [0.25, 0.3) is 0 Å². The second kappa shape index (κ2) is 10.7. The van der Waals surface area contributed by atoms with Crippen LogP contribution in [0.3, 0.4) is 0 Å². The zero-order chi connectivity index (χ0) is 25.9. The number of carbonyl (C=O) groups is 2. The molecular formula is C27H39N7O2. The number of amides is 3. The van der Waals surface area contributed by atoms with Gasteiger partial charge in [-0.15, -0.1) is 0 Å². The van der Waals surface area contributed by atoms with Gasteiger partial charge in [0.2, 0.25) is 5.91 Å². The van der Waals surface area contributed by atoms with E-state index in [-0.39, 0.29) is 30.1 Å². The van der Waals surface area contributed by atoms with Gasteiger partial charge >= 0.3 is 6.03 Å². The second-order valence-electron chi connectivity index (χ2n) is 10.7. The van der Waals surface area contributed by atoms with E-state index >= 15 is 0 Å². The molecule has 9 nitrogen and oxygen atoms in total. The Bertz CT molecular complexity index is 1070. The van der Waals surface area contributed by atoms with Crippen molar-refractivity contribution in [2.24, 2.45) is 0 Å². The third kappa shape index (κ3) is 5.56. The summed E-state index contributed by atoms with van der Waals surface area (Å²) in [6.45, 7) is 8.83. The summed E-state index contributed by atoms with van der Waals surface area (Å²) in [4.78, 5) is 29.1. The van der Waals surface area contributed by atoms with Crippen LogP contribution in [0.15, 0.2) is 43.0 Å². The highest BCUT2D eigenvalue weighted by Crippen LogP contribution is 2.41. The van der Waals surface area contributed by atoms with Crippen LogP contribution < -0.4 is 16.0 Å². The van der Waals surface area contributed by atoms with Gasteiger partial charge in [0.1, 0.15) is 0 Å². The largest absolute Gasteiger partial charge is 0.366 e. The van der Waals surface area contributed by atoms with E-state index in [0.29, 0.717) is 13.1 Å². The first-order valence-corrected chi connectivity index (χ1v) is 12.7. The van der Waals surface area contributed by atoms with Crippen molar-refractivity contribution in [1.82, 2.24) is 30.6 Å². The lowest BCUT2D eigenvalue weighted by molar-refractivity contribution is -0.117. The van der Waals surface area contributed by atoms with Crippen molar-refractivity contribution < 1.29 is 9.59 Å². The minimum atomic E-state index is -0.516. The van der Waals surface area contributed by atoms with Gasteiger partial charge in [-0.3, -0.25) is 9.89 Å². The van der Waals surface area contributed by atoms with E-state index in [9.17, 15) is 9.59 Å². The van der Waals surface area contributed by atoms with Gasteiger partial charge in [-0.25, -0.2) is 4.79 Å². The maximum absolute atomic E-state index is 13.5. The van der Waals surface area contributed by atoms with Crippen LogP contribution in [0.5, 0.6) is 0 Å². The van der Waals surface area contributed by atoms with Gasteiger partial charge in [0.05, 0.1) is 23.8 Å². The highest BCUT2D eigenvalue weighted by Gasteiger charge is 2.44.